The summed E-state index contributed by atoms with van der Waals surface area (Å²) in [7, 11) is 0. The van der Waals surface area contributed by atoms with Gasteiger partial charge in [-0.2, -0.15) is 0 Å². The normalized spacial score (nSPS) is 18.9. The summed E-state index contributed by atoms with van der Waals surface area (Å²) in [5.41, 5.74) is 0.0850. The molecule has 4 amide bonds. The molecule has 1 aliphatic rings. The van der Waals surface area contributed by atoms with Crippen LogP contribution < -0.4 is 10.6 Å². The van der Waals surface area contributed by atoms with Gasteiger partial charge in [-0.15, -0.1) is 0 Å². The highest BCUT2D eigenvalue weighted by atomic mass is 35.5. The van der Waals surface area contributed by atoms with Crippen molar-refractivity contribution in [1.82, 2.24) is 15.5 Å². The van der Waals surface area contributed by atoms with Crippen LogP contribution in [0.5, 0.6) is 0 Å². The van der Waals surface area contributed by atoms with E-state index in [4.69, 9.17) is 11.6 Å². The second-order valence-corrected chi connectivity index (χ2v) is 6.93. The van der Waals surface area contributed by atoms with Gasteiger partial charge in [0.05, 0.1) is 0 Å². The molecule has 1 saturated heterocycles. The Bertz CT molecular complexity index is 902. The van der Waals surface area contributed by atoms with E-state index < -0.39 is 29.9 Å². The predicted octanol–water partition coefficient (Wildman–Crippen LogP) is 2.95. The van der Waals surface area contributed by atoms with Crippen molar-refractivity contribution in [2.24, 2.45) is 0 Å². The highest BCUT2D eigenvalue weighted by Gasteiger charge is 2.51. The average molecular weight is 404 g/mol. The van der Waals surface area contributed by atoms with E-state index in [0.29, 0.717) is 22.6 Å². The van der Waals surface area contributed by atoms with E-state index in [-0.39, 0.29) is 12.4 Å². The van der Waals surface area contributed by atoms with Crippen molar-refractivity contribution in [3.63, 3.8) is 0 Å². The minimum absolute atomic E-state index is 0.166. The number of hydrogen-bond acceptors (Lipinski definition) is 3. The predicted molar refractivity (Wildman–Crippen MR) is 102 cm³/mol. The molecule has 0 bridgehead atoms. The molecular weight excluding hydrogens is 385 g/mol. The van der Waals surface area contributed by atoms with Gasteiger partial charge in [0.1, 0.15) is 17.9 Å². The van der Waals surface area contributed by atoms with Crippen molar-refractivity contribution in [3.05, 3.63) is 70.5 Å². The second kappa shape index (κ2) is 7.98. The van der Waals surface area contributed by atoms with Crippen molar-refractivity contribution in [1.29, 1.82) is 0 Å². The average Bonchev–Trinajstić information content (AvgIpc) is 2.93. The molecule has 0 saturated carbocycles. The van der Waals surface area contributed by atoms with Crippen molar-refractivity contribution in [3.8, 4) is 0 Å². The lowest BCUT2D eigenvalue weighted by atomic mass is 9.87. The van der Waals surface area contributed by atoms with Crippen LogP contribution in [0.25, 0.3) is 0 Å². The molecule has 1 heterocycles. The van der Waals surface area contributed by atoms with Gasteiger partial charge >= 0.3 is 6.03 Å². The van der Waals surface area contributed by atoms with Crippen molar-refractivity contribution in [2.75, 3.05) is 6.54 Å². The Kier molecular flexibility index (Phi) is 5.65. The van der Waals surface area contributed by atoms with Crippen LogP contribution in [0.3, 0.4) is 0 Å². The number of benzene rings is 2. The van der Waals surface area contributed by atoms with Crippen molar-refractivity contribution >= 4 is 29.4 Å². The number of carbonyl (C=O) groups excluding carboxylic acids is 3. The standard InChI is InChI=1S/C20H19ClFN3O3/c1-2-20(14-5-7-15(21)8-6-14)18(27)25(19(28)24-20)12-17(26)23-11-13-3-9-16(22)10-4-13/h3-10H,2,11-12H2,1H3,(H,23,26)(H,24,28)/t20-/m0/s1. The number of imide groups is 1. The Morgan fingerprint density at radius 2 is 1.79 bits per heavy atom. The van der Waals surface area contributed by atoms with Crippen LogP contribution in [0.1, 0.15) is 24.5 Å². The van der Waals surface area contributed by atoms with Gasteiger partial charge in [0, 0.05) is 11.6 Å². The van der Waals surface area contributed by atoms with Gasteiger partial charge in [0.2, 0.25) is 5.91 Å². The Balaban J connectivity index is 1.69. The smallest absolute Gasteiger partial charge is 0.325 e. The second-order valence-electron chi connectivity index (χ2n) is 6.49. The molecule has 1 aliphatic heterocycles. The van der Waals surface area contributed by atoms with Gasteiger partial charge in [-0.25, -0.2) is 9.18 Å². The molecule has 146 valence electrons. The summed E-state index contributed by atoms with van der Waals surface area (Å²) in [6.45, 7) is 1.55. The fraction of sp³-hybridized carbons (Fsp3) is 0.250. The fourth-order valence-corrected chi connectivity index (χ4v) is 3.27. The number of halogens is 2. The monoisotopic (exact) mass is 403 g/mol. The highest BCUT2D eigenvalue weighted by molar-refractivity contribution is 6.30. The maximum atomic E-state index is 13.0. The third-order valence-corrected chi connectivity index (χ3v) is 5.00. The molecule has 0 spiro atoms. The fourth-order valence-electron chi connectivity index (χ4n) is 3.15. The lowest BCUT2D eigenvalue weighted by molar-refractivity contribution is -0.135. The first-order chi connectivity index (χ1) is 13.4. The number of nitrogens with zero attached hydrogens (tertiary/aromatic N) is 1. The van der Waals surface area contributed by atoms with Gasteiger partial charge in [-0.3, -0.25) is 14.5 Å². The van der Waals surface area contributed by atoms with Gasteiger partial charge in [-0.1, -0.05) is 42.8 Å². The lowest BCUT2D eigenvalue weighted by Crippen LogP contribution is -2.44. The summed E-state index contributed by atoms with van der Waals surface area (Å²) in [6.07, 6.45) is 0.326. The van der Waals surface area contributed by atoms with E-state index in [2.05, 4.69) is 10.6 Å². The summed E-state index contributed by atoms with van der Waals surface area (Å²) in [5, 5.41) is 5.85. The maximum absolute atomic E-state index is 13.0. The number of carbonyl (C=O) groups is 3. The summed E-state index contributed by atoms with van der Waals surface area (Å²) in [5.74, 6) is -1.34. The van der Waals surface area contributed by atoms with E-state index in [1.807, 2.05) is 0 Å². The van der Waals surface area contributed by atoms with Crippen LogP contribution in [-0.4, -0.2) is 29.3 Å². The number of rotatable bonds is 6. The van der Waals surface area contributed by atoms with Crippen LogP contribution in [0.15, 0.2) is 48.5 Å². The van der Waals surface area contributed by atoms with Crippen LogP contribution in [0, 0.1) is 5.82 Å². The zero-order chi connectivity index (χ0) is 20.3. The van der Waals surface area contributed by atoms with Crippen LogP contribution >= 0.6 is 11.6 Å². The Labute approximate surface area is 166 Å². The van der Waals surface area contributed by atoms with E-state index in [1.54, 1.807) is 43.3 Å². The molecular formula is C20H19ClFN3O3. The first kappa shape index (κ1) is 19.8. The van der Waals surface area contributed by atoms with E-state index in [1.165, 1.54) is 12.1 Å². The quantitative estimate of drug-likeness (QED) is 0.728. The Morgan fingerprint density at radius 3 is 2.39 bits per heavy atom. The molecule has 8 heteroatoms. The summed E-state index contributed by atoms with van der Waals surface area (Å²) in [6, 6.07) is 11.7. The topological polar surface area (TPSA) is 78.5 Å². The molecule has 2 aromatic carbocycles. The molecule has 6 nitrogen and oxygen atoms in total. The molecule has 3 rings (SSSR count). The molecule has 2 aromatic rings. The maximum Gasteiger partial charge on any atom is 0.325 e. The lowest BCUT2D eigenvalue weighted by Gasteiger charge is -2.25. The van der Waals surface area contributed by atoms with Crippen molar-refractivity contribution in [2.45, 2.75) is 25.4 Å². The summed E-state index contributed by atoms with van der Waals surface area (Å²) < 4.78 is 12.9. The molecule has 0 aromatic heterocycles. The van der Waals surface area contributed by atoms with Crippen LogP contribution in [0.2, 0.25) is 5.02 Å². The Hall–Kier alpha value is -2.93. The van der Waals surface area contributed by atoms with E-state index >= 15 is 0 Å². The highest BCUT2D eigenvalue weighted by Crippen LogP contribution is 2.32. The first-order valence-corrected chi connectivity index (χ1v) is 9.15. The minimum atomic E-state index is -1.22. The molecule has 0 aliphatic carbocycles. The van der Waals surface area contributed by atoms with Crippen LogP contribution in [-0.2, 0) is 21.7 Å². The summed E-state index contributed by atoms with van der Waals surface area (Å²) in [4.78, 5) is 38.5. The number of hydrogen-bond donors (Lipinski definition) is 2. The third-order valence-electron chi connectivity index (χ3n) is 4.75. The Morgan fingerprint density at radius 1 is 1.14 bits per heavy atom. The molecule has 0 unspecified atom stereocenters. The molecule has 28 heavy (non-hydrogen) atoms. The molecule has 2 N–H and O–H groups in total. The molecule has 1 atom stereocenters. The number of nitrogens with one attached hydrogen (secondary N) is 2. The number of urea groups is 1. The minimum Gasteiger partial charge on any atom is -0.350 e. The van der Waals surface area contributed by atoms with Crippen LogP contribution in [0.4, 0.5) is 9.18 Å². The molecule has 0 radical (unpaired) electrons. The van der Waals surface area contributed by atoms with Gasteiger partial charge < -0.3 is 10.6 Å². The molecule has 1 fully saturated rings. The van der Waals surface area contributed by atoms with Crippen molar-refractivity contribution < 1.29 is 18.8 Å². The van der Waals surface area contributed by atoms with Gasteiger partial charge in [-0.05, 0) is 41.8 Å². The third kappa shape index (κ3) is 3.84. The van der Waals surface area contributed by atoms with E-state index in [0.717, 1.165) is 4.90 Å². The largest absolute Gasteiger partial charge is 0.350 e. The van der Waals surface area contributed by atoms with Gasteiger partial charge in [0.15, 0.2) is 0 Å². The number of amides is 4. The summed E-state index contributed by atoms with van der Waals surface area (Å²) >= 11 is 5.91. The zero-order valence-corrected chi connectivity index (χ0v) is 15.9. The first-order valence-electron chi connectivity index (χ1n) is 8.77. The SMILES string of the molecule is CC[C@@]1(c2ccc(Cl)cc2)NC(=O)N(CC(=O)NCc2ccc(F)cc2)C1=O. The van der Waals surface area contributed by atoms with E-state index in [9.17, 15) is 18.8 Å². The van der Waals surface area contributed by atoms with Gasteiger partial charge in [0.25, 0.3) is 5.91 Å². The zero-order valence-electron chi connectivity index (χ0n) is 15.2.